The summed E-state index contributed by atoms with van der Waals surface area (Å²) in [4.78, 5) is 22.3. The summed E-state index contributed by atoms with van der Waals surface area (Å²) >= 11 is 2.62. The molecule has 0 radical (unpaired) electrons. The van der Waals surface area contributed by atoms with E-state index < -0.39 is 16.0 Å². The number of aryl methyl sites for hydroxylation is 2. The molecule has 8 nitrogen and oxygen atoms in total. The van der Waals surface area contributed by atoms with E-state index in [4.69, 9.17) is 10.5 Å². The maximum absolute atomic E-state index is 12.0. The number of aromatic nitrogens is 2. The van der Waals surface area contributed by atoms with Gasteiger partial charge >= 0.3 is 5.97 Å². The number of carbonyl (C=O) groups is 1. The highest BCUT2D eigenvalue weighted by Crippen LogP contribution is 2.31. The van der Waals surface area contributed by atoms with Gasteiger partial charge in [-0.05, 0) is 30.9 Å². The van der Waals surface area contributed by atoms with Crippen LogP contribution < -0.4 is 10.5 Å². The van der Waals surface area contributed by atoms with Gasteiger partial charge in [-0.15, -0.1) is 22.7 Å². The highest BCUT2D eigenvalue weighted by molar-refractivity contribution is 7.91. The average molecular weight is 427 g/mol. The zero-order valence-corrected chi connectivity index (χ0v) is 17.1. The lowest BCUT2D eigenvalue weighted by molar-refractivity contribution is -0.145. The summed E-state index contributed by atoms with van der Waals surface area (Å²) in [5.41, 5.74) is 7.04. The number of ether oxygens (including phenoxy) is 1. The third-order valence-electron chi connectivity index (χ3n) is 3.85. The molecule has 0 aliphatic carbocycles. The Labute approximate surface area is 164 Å². The van der Waals surface area contributed by atoms with Crippen LogP contribution in [0.5, 0.6) is 0 Å². The highest BCUT2D eigenvalue weighted by Gasteiger charge is 2.16. The molecule has 0 saturated heterocycles. The van der Waals surface area contributed by atoms with Crippen LogP contribution in [0.1, 0.15) is 22.7 Å². The topological polar surface area (TPSA) is 124 Å². The molecule has 11 heteroatoms. The van der Waals surface area contributed by atoms with Crippen LogP contribution in [-0.2, 0) is 26.2 Å². The molecule has 3 rings (SSSR count). The van der Waals surface area contributed by atoms with Crippen molar-refractivity contribution in [2.45, 2.75) is 31.1 Å². The number of carbonyl (C=O) groups excluding carboxylic acids is 1. The first kappa shape index (κ1) is 19.7. The van der Waals surface area contributed by atoms with Gasteiger partial charge in [-0.3, -0.25) is 4.79 Å². The van der Waals surface area contributed by atoms with Gasteiger partial charge in [0.15, 0.2) is 12.4 Å². The van der Waals surface area contributed by atoms with E-state index in [-0.39, 0.29) is 23.8 Å². The Balaban J connectivity index is 1.54. The molecule has 144 valence electrons. The number of nitrogen functional groups attached to an aromatic ring is 1. The maximum atomic E-state index is 12.0. The number of fused-ring (bicyclic) bond motifs is 1. The maximum Gasteiger partial charge on any atom is 0.307 e. The van der Waals surface area contributed by atoms with Gasteiger partial charge in [0, 0.05) is 11.4 Å². The van der Waals surface area contributed by atoms with Crippen molar-refractivity contribution in [2.75, 3.05) is 12.3 Å². The van der Waals surface area contributed by atoms with Crippen molar-refractivity contribution in [3.05, 3.63) is 33.8 Å². The molecule has 0 spiro atoms. The van der Waals surface area contributed by atoms with E-state index in [0.717, 1.165) is 32.0 Å². The van der Waals surface area contributed by atoms with E-state index in [0.29, 0.717) is 11.6 Å². The molecule has 0 amide bonds. The van der Waals surface area contributed by atoms with Crippen LogP contribution in [0.15, 0.2) is 21.7 Å². The minimum atomic E-state index is -3.59. The van der Waals surface area contributed by atoms with E-state index in [1.54, 1.807) is 11.4 Å². The molecule has 0 aliphatic rings. The van der Waals surface area contributed by atoms with Crippen molar-refractivity contribution in [3.63, 3.8) is 0 Å². The van der Waals surface area contributed by atoms with Crippen LogP contribution in [-0.4, -0.2) is 30.9 Å². The summed E-state index contributed by atoms with van der Waals surface area (Å²) < 4.78 is 31.6. The first-order valence-electron chi connectivity index (χ1n) is 7.99. The monoisotopic (exact) mass is 426 g/mol. The Kier molecular flexibility index (Phi) is 5.75. The predicted molar refractivity (Wildman–Crippen MR) is 105 cm³/mol. The third kappa shape index (κ3) is 4.43. The Morgan fingerprint density at radius 2 is 2.11 bits per heavy atom. The van der Waals surface area contributed by atoms with Crippen LogP contribution in [0.3, 0.4) is 0 Å². The average Bonchev–Trinajstić information content (AvgIpc) is 3.23. The Hall–Kier alpha value is -2.08. The molecule has 0 atom stereocenters. The number of sulfonamides is 1. The van der Waals surface area contributed by atoms with E-state index in [2.05, 4.69) is 14.7 Å². The van der Waals surface area contributed by atoms with Gasteiger partial charge in [0.25, 0.3) is 0 Å². The predicted octanol–water partition coefficient (Wildman–Crippen LogP) is 2.36. The lowest BCUT2D eigenvalue weighted by Crippen LogP contribution is -2.26. The number of thiophene rings is 2. The van der Waals surface area contributed by atoms with E-state index >= 15 is 0 Å². The van der Waals surface area contributed by atoms with Gasteiger partial charge < -0.3 is 10.5 Å². The Morgan fingerprint density at radius 3 is 2.81 bits per heavy atom. The van der Waals surface area contributed by atoms with Gasteiger partial charge in [-0.1, -0.05) is 6.07 Å². The highest BCUT2D eigenvalue weighted by atomic mass is 32.2. The fraction of sp³-hybridized carbons (Fsp3) is 0.312. The number of nitrogens with zero attached hydrogens (tertiary/aromatic N) is 2. The van der Waals surface area contributed by atoms with Crippen LogP contribution in [0.2, 0.25) is 0 Å². The summed E-state index contributed by atoms with van der Waals surface area (Å²) in [6.07, 6.45) is -0.0977. The van der Waals surface area contributed by atoms with E-state index in [9.17, 15) is 13.2 Å². The molecule has 0 fully saturated rings. The SMILES string of the molecule is Cc1sc2nc(COC(=O)CCNS(=O)(=O)c3cccs3)nc(N)c2c1C. The number of hydrogen-bond donors (Lipinski definition) is 2. The number of nitrogens with one attached hydrogen (secondary N) is 1. The number of anilines is 1. The molecule has 0 bridgehead atoms. The largest absolute Gasteiger partial charge is 0.457 e. The number of esters is 1. The number of hydrogen-bond acceptors (Lipinski definition) is 9. The number of rotatable bonds is 7. The lowest BCUT2D eigenvalue weighted by atomic mass is 10.2. The fourth-order valence-electron chi connectivity index (χ4n) is 2.38. The van der Waals surface area contributed by atoms with E-state index in [1.165, 1.54) is 17.4 Å². The van der Waals surface area contributed by atoms with E-state index in [1.807, 2.05) is 13.8 Å². The summed E-state index contributed by atoms with van der Waals surface area (Å²) in [7, 11) is -3.59. The molecule has 0 aliphatic heterocycles. The standard InChI is InChI=1S/C16H18N4O4S3/c1-9-10(2)26-16-14(9)15(17)19-11(20-16)8-24-12(21)5-6-18-27(22,23)13-4-3-7-25-13/h3-4,7,18H,5-6,8H2,1-2H3,(H2,17,19,20). The lowest BCUT2D eigenvalue weighted by Gasteiger charge is -2.06. The zero-order chi connectivity index (χ0) is 19.6. The third-order valence-corrected chi connectivity index (χ3v) is 7.81. The molecule has 0 unspecified atom stereocenters. The summed E-state index contributed by atoms with van der Waals surface area (Å²) in [5, 5.41) is 2.50. The Bertz CT molecular complexity index is 1070. The fourth-order valence-corrected chi connectivity index (χ4v) is 5.51. The normalized spacial score (nSPS) is 11.8. The van der Waals surface area contributed by atoms with Gasteiger partial charge in [0.2, 0.25) is 10.0 Å². The molecule has 3 heterocycles. The van der Waals surface area contributed by atoms with Crippen LogP contribution in [0.25, 0.3) is 10.2 Å². The molecule has 3 aromatic rings. The van der Waals surface area contributed by atoms with Gasteiger partial charge in [-0.25, -0.2) is 23.1 Å². The molecule has 3 aromatic heterocycles. The smallest absolute Gasteiger partial charge is 0.307 e. The second kappa shape index (κ2) is 7.89. The molecule has 3 N–H and O–H groups in total. The molecule has 0 saturated carbocycles. The first-order valence-corrected chi connectivity index (χ1v) is 11.2. The summed E-state index contributed by atoms with van der Waals surface area (Å²) in [6.45, 7) is 3.78. The first-order chi connectivity index (χ1) is 12.8. The van der Waals surface area contributed by atoms with Gasteiger partial charge in [-0.2, -0.15) is 0 Å². The minimum Gasteiger partial charge on any atom is -0.457 e. The summed E-state index contributed by atoms with van der Waals surface area (Å²) in [6, 6.07) is 3.14. The molecular formula is C16H18N4O4S3. The van der Waals surface area contributed by atoms with Crippen molar-refractivity contribution >= 4 is 54.7 Å². The summed E-state index contributed by atoms with van der Waals surface area (Å²) in [5.74, 6) is 0.120. The van der Waals surface area contributed by atoms with Crippen LogP contribution in [0.4, 0.5) is 5.82 Å². The number of nitrogens with two attached hydrogens (primary N) is 1. The molecular weight excluding hydrogens is 408 g/mol. The second-order valence-corrected chi connectivity index (χ2v) is 9.87. The van der Waals surface area contributed by atoms with Crippen molar-refractivity contribution in [2.24, 2.45) is 0 Å². The van der Waals surface area contributed by atoms with Crippen molar-refractivity contribution in [1.29, 1.82) is 0 Å². The van der Waals surface area contributed by atoms with Crippen LogP contribution >= 0.6 is 22.7 Å². The second-order valence-electron chi connectivity index (χ2n) is 5.73. The quantitative estimate of drug-likeness (QED) is 0.556. The molecule has 27 heavy (non-hydrogen) atoms. The minimum absolute atomic E-state index is 0.0512. The Morgan fingerprint density at radius 1 is 1.33 bits per heavy atom. The van der Waals surface area contributed by atoms with Crippen molar-refractivity contribution in [3.8, 4) is 0 Å². The van der Waals surface area contributed by atoms with Crippen LogP contribution in [0, 0.1) is 13.8 Å². The zero-order valence-electron chi connectivity index (χ0n) is 14.7. The van der Waals surface area contributed by atoms with Crippen molar-refractivity contribution in [1.82, 2.24) is 14.7 Å². The molecule has 0 aromatic carbocycles. The van der Waals surface area contributed by atoms with Gasteiger partial charge in [0.05, 0.1) is 11.8 Å². The van der Waals surface area contributed by atoms with Gasteiger partial charge in [0.1, 0.15) is 14.9 Å². The van der Waals surface area contributed by atoms with Crippen molar-refractivity contribution < 1.29 is 17.9 Å².